The van der Waals surface area contributed by atoms with E-state index >= 15 is 0 Å². The van der Waals surface area contributed by atoms with Crippen molar-refractivity contribution in [2.75, 3.05) is 26.3 Å². The van der Waals surface area contributed by atoms with E-state index in [-0.39, 0.29) is 12.2 Å². The van der Waals surface area contributed by atoms with Gasteiger partial charge in [0.1, 0.15) is 0 Å². The summed E-state index contributed by atoms with van der Waals surface area (Å²) >= 11 is 0. The van der Waals surface area contributed by atoms with Crippen molar-refractivity contribution in [3.63, 3.8) is 0 Å². The molecule has 3 nitrogen and oxygen atoms in total. The fourth-order valence-corrected chi connectivity index (χ4v) is 1.39. The quantitative estimate of drug-likeness (QED) is 0.644. The second kappa shape index (κ2) is 4.70. The summed E-state index contributed by atoms with van der Waals surface area (Å²) in [6, 6.07) is 0. The Bertz CT molecular complexity index is 96.3. The SMILES string of the molecule is CCOC1CNCC1OCC. The van der Waals surface area contributed by atoms with Crippen LogP contribution in [0.15, 0.2) is 0 Å². The van der Waals surface area contributed by atoms with Crippen LogP contribution in [0.25, 0.3) is 0 Å². The zero-order valence-corrected chi connectivity index (χ0v) is 7.30. The van der Waals surface area contributed by atoms with Gasteiger partial charge >= 0.3 is 0 Å². The molecule has 0 bridgehead atoms. The molecule has 0 spiro atoms. The number of hydrogen-bond acceptors (Lipinski definition) is 3. The highest BCUT2D eigenvalue weighted by molar-refractivity contribution is 4.82. The lowest BCUT2D eigenvalue weighted by atomic mass is 10.2. The first kappa shape index (κ1) is 8.97. The molecular weight excluding hydrogens is 142 g/mol. The minimum absolute atomic E-state index is 0.264. The van der Waals surface area contributed by atoms with Crippen LogP contribution in [0.5, 0.6) is 0 Å². The maximum absolute atomic E-state index is 5.48. The fourth-order valence-electron chi connectivity index (χ4n) is 1.39. The van der Waals surface area contributed by atoms with E-state index in [9.17, 15) is 0 Å². The largest absolute Gasteiger partial charge is 0.374 e. The Morgan fingerprint density at radius 1 is 1.09 bits per heavy atom. The fraction of sp³-hybridized carbons (Fsp3) is 1.00. The van der Waals surface area contributed by atoms with Gasteiger partial charge in [-0.1, -0.05) is 0 Å². The van der Waals surface area contributed by atoms with E-state index in [4.69, 9.17) is 9.47 Å². The first-order valence-corrected chi connectivity index (χ1v) is 4.32. The van der Waals surface area contributed by atoms with E-state index in [1.165, 1.54) is 0 Å². The molecule has 11 heavy (non-hydrogen) atoms. The summed E-state index contributed by atoms with van der Waals surface area (Å²) in [5.41, 5.74) is 0. The van der Waals surface area contributed by atoms with Gasteiger partial charge in [0.05, 0.1) is 12.2 Å². The zero-order valence-electron chi connectivity index (χ0n) is 7.30. The lowest BCUT2D eigenvalue weighted by Crippen LogP contribution is -2.29. The third kappa shape index (κ3) is 2.43. The molecule has 0 radical (unpaired) electrons. The van der Waals surface area contributed by atoms with Crippen molar-refractivity contribution in [2.24, 2.45) is 0 Å². The minimum Gasteiger partial charge on any atom is -0.374 e. The zero-order chi connectivity index (χ0) is 8.10. The van der Waals surface area contributed by atoms with E-state index in [1.54, 1.807) is 0 Å². The highest BCUT2D eigenvalue weighted by Gasteiger charge is 2.27. The van der Waals surface area contributed by atoms with Gasteiger partial charge in [-0.3, -0.25) is 0 Å². The predicted molar refractivity (Wildman–Crippen MR) is 43.7 cm³/mol. The van der Waals surface area contributed by atoms with E-state index in [0.717, 1.165) is 26.3 Å². The van der Waals surface area contributed by atoms with Gasteiger partial charge < -0.3 is 14.8 Å². The highest BCUT2D eigenvalue weighted by Crippen LogP contribution is 2.08. The molecule has 0 saturated carbocycles. The van der Waals surface area contributed by atoms with Gasteiger partial charge in [0.25, 0.3) is 0 Å². The second-order valence-electron chi connectivity index (χ2n) is 2.65. The van der Waals surface area contributed by atoms with E-state index in [1.807, 2.05) is 13.8 Å². The van der Waals surface area contributed by atoms with Crippen molar-refractivity contribution in [3.8, 4) is 0 Å². The molecule has 1 saturated heterocycles. The maximum atomic E-state index is 5.48. The van der Waals surface area contributed by atoms with Gasteiger partial charge in [-0.2, -0.15) is 0 Å². The summed E-state index contributed by atoms with van der Waals surface area (Å²) in [4.78, 5) is 0. The lowest BCUT2D eigenvalue weighted by Gasteiger charge is -2.17. The van der Waals surface area contributed by atoms with Gasteiger partial charge in [0.15, 0.2) is 0 Å². The molecule has 1 aliphatic rings. The van der Waals surface area contributed by atoms with Crippen LogP contribution in [0, 0.1) is 0 Å². The Labute approximate surface area is 68.1 Å². The molecular formula is C8H17NO2. The van der Waals surface area contributed by atoms with Crippen molar-refractivity contribution >= 4 is 0 Å². The first-order valence-electron chi connectivity index (χ1n) is 4.32. The monoisotopic (exact) mass is 159 g/mol. The van der Waals surface area contributed by atoms with Crippen molar-refractivity contribution in [2.45, 2.75) is 26.1 Å². The molecule has 1 rings (SSSR count). The molecule has 0 aromatic rings. The number of ether oxygens (including phenoxy) is 2. The molecule has 2 atom stereocenters. The van der Waals surface area contributed by atoms with Crippen LogP contribution >= 0.6 is 0 Å². The van der Waals surface area contributed by atoms with Crippen LogP contribution in [0.4, 0.5) is 0 Å². The van der Waals surface area contributed by atoms with Crippen molar-refractivity contribution in [3.05, 3.63) is 0 Å². The molecule has 0 aromatic carbocycles. The Hall–Kier alpha value is -0.120. The average Bonchev–Trinajstić information content (AvgIpc) is 2.39. The van der Waals surface area contributed by atoms with Crippen molar-refractivity contribution in [1.82, 2.24) is 5.32 Å². The Morgan fingerprint density at radius 2 is 1.55 bits per heavy atom. The maximum Gasteiger partial charge on any atom is 0.0972 e. The Morgan fingerprint density at radius 3 is 1.91 bits per heavy atom. The minimum atomic E-state index is 0.264. The molecule has 0 aliphatic carbocycles. The van der Waals surface area contributed by atoms with Crippen LogP contribution in [-0.2, 0) is 9.47 Å². The predicted octanol–water partition coefficient (Wildman–Crippen LogP) is 0.400. The number of nitrogens with one attached hydrogen (secondary N) is 1. The summed E-state index contributed by atoms with van der Waals surface area (Å²) in [6.07, 6.45) is 0.528. The van der Waals surface area contributed by atoms with E-state index in [2.05, 4.69) is 5.32 Å². The van der Waals surface area contributed by atoms with E-state index in [0.29, 0.717) is 0 Å². The van der Waals surface area contributed by atoms with Gasteiger partial charge in [-0.05, 0) is 13.8 Å². The lowest BCUT2D eigenvalue weighted by molar-refractivity contribution is -0.0388. The van der Waals surface area contributed by atoms with Gasteiger partial charge in [-0.25, -0.2) is 0 Å². The summed E-state index contributed by atoms with van der Waals surface area (Å²) in [7, 11) is 0. The van der Waals surface area contributed by atoms with Crippen molar-refractivity contribution in [1.29, 1.82) is 0 Å². The van der Waals surface area contributed by atoms with Crippen LogP contribution in [0.1, 0.15) is 13.8 Å². The normalized spacial score (nSPS) is 31.1. The van der Waals surface area contributed by atoms with Crippen LogP contribution in [-0.4, -0.2) is 38.5 Å². The Kier molecular flexibility index (Phi) is 3.83. The van der Waals surface area contributed by atoms with Gasteiger partial charge in [0.2, 0.25) is 0 Å². The molecule has 1 N–H and O–H groups in total. The third-order valence-corrected chi connectivity index (χ3v) is 1.87. The van der Waals surface area contributed by atoms with Crippen LogP contribution in [0.3, 0.4) is 0 Å². The molecule has 3 heteroatoms. The van der Waals surface area contributed by atoms with Crippen LogP contribution < -0.4 is 5.32 Å². The molecule has 1 aliphatic heterocycles. The smallest absolute Gasteiger partial charge is 0.0972 e. The molecule has 66 valence electrons. The Balaban J connectivity index is 2.25. The second-order valence-corrected chi connectivity index (χ2v) is 2.65. The van der Waals surface area contributed by atoms with Gasteiger partial charge in [0, 0.05) is 26.3 Å². The van der Waals surface area contributed by atoms with Crippen LogP contribution in [0.2, 0.25) is 0 Å². The summed E-state index contributed by atoms with van der Waals surface area (Å²) < 4.78 is 11.0. The molecule has 1 fully saturated rings. The molecule has 0 aromatic heterocycles. The summed E-state index contributed by atoms with van der Waals surface area (Å²) in [5, 5.41) is 3.24. The average molecular weight is 159 g/mol. The van der Waals surface area contributed by atoms with Gasteiger partial charge in [-0.15, -0.1) is 0 Å². The standard InChI is InChI=1S/C8H17NO2/c1-3-10-7-5-9-6-8(7)11-4-2/h7-9H,3-6H2,1-2H3. The summed E-state index contributed by atoms with van der Waals surface area (Å²) in [5.74, 6) is 0. The first-order chi connectivity index (χ1) is 5.38. The third-order valence-electron chi connectivity index (χ3n) is 1.87. The molecule has 2 unspecified atom stereocenters. The number of rotatable bonds is 4. The molecule has 1 heterocycles. The highest BCUT2D eigenvalue weighted by atomic mass is 16.5. The number of hydrogen-bond donors (Lipinski definition) is 1. The topological polar surface area (TPSA) is 30.5 Å². The van der Waals surface area contributed by atoms with Crippen molar-refractivity contribution < 1.29 is 9.47 Å². The van der Waals surface area contributed by atoms with E-state index < -0.39 is 0 Å². The molecule has 0 amide bonds. The summed E-state index contributed by atoms with van der Waals surface area (Å²) in [6.45, 7) is 7.44.